The van der Waals surface area contributed by atoms with Crippen molar-refractivity contribution in [2.75, 3.05) is 0 Å². The van der Waals surface area contributed by atoms with Crippen LogP contribution in [0.5, 0.6) is 5.75 Å². The zero-order valence-electron chi connectivity index (χ0n) is 21.9. The molecule has 0 radical (unpaired) electrons. The monoisotopic (exact) mass is 544 g/mol. The molecule has 0 aliphatic carbocycles. The molecule has 1 aromatic heterocycles. The van der Waals surface area contributed by atoms with Gasteiger partial charge in [0, 0.05) is 12.2 Å². The fourth-order valence-electron chi connectivity index (χ4n) is 3.69. The number of hydrogen-bond donors (Lipinski definition) is 3. The number of halogens is 1. The smallest absolute Gasteiger partial charge is 0.459 e. The van der Waals surface area contributed by atoms with Crippen molar-refractivity contribution in [2.45, 2.75) is 77.0 Å². The molecule has 2 heterocycles. The van der Waals surface area contributed by atoms with Gasteiger partial charge < -0.3 is 19.1 Å². The number of hydrogen-bond acceptors (Lipinski definition) is 9. The van der Waals surface area contributed by atoms with Gasteiger partial charge in [0.25, 0.3) is 5.56 Å². The lowest BCUT2D eigenvalue weighted by molar-refractivity contribution is -0.149. The molecule has 3 rings (SSSR count). The van der Waals surface area contributed by atoms with E-state index in [9.17, 15) is 24.1 Å². The van der Waals surface area contributed by atoms with Gasteiger partial charge in [-0.25, -0.2) is 13.8 Å². The van der Waals surface area contributed by atoms with E-state index in [1.165, 1.54) is 26.0 Å². The topological polar surface area (TPSA) is 158 Å². The molecule has 12 nitrogen and oxygen atoms in total. The highest BCUT2D eigenvalue weighted by atomic mass is 31.2. The Morgan fingerprint density at radius 2 is 1.95 bits per heavy atom. The van der Waals surface area contributed by atoms with Crippen LogP contribution in [0.4, 0.5) is 4.39 Å². The van der Waals surface area contributed by atoms with E-state index in [0.29, 0.717) is 4.57 Å². The van der Waals surface area contributed by atoms with Crippen LogP contribution in [-0.4, -0.2) is 56.8 Å². The van der Waals surface area contributed by atoms with Gasteiger partial charge in [-0.05, 0) is 46.8 Å². The first kappa shape index (κ1) is 27.2. The lowest BCUT2D eigenvalue weighted by atomic mass is 9.96. The van der Waals surface area contributed by atoms with E-state index in [0.717, 1.165) is 13.1 Å². The molecule has 14 heteroatoms. The Balaban J connectivity index is 1.88. The number of aromatic nitrogens is 2. The van der Waals surface area contributed by atoms with Crippen molar-refractivity contribution in [2.24, 2.45) is 0 Å². The summed E-state index contributed by atoms with van der Waals surface area (Å²) in [6.45, 7) is 6.97. The van der Waals surface area contributed by atoms with Crippen LogP contribution in [0.1, 0.15) is 42.2 Å². The van der Waals surface area contributed by atoms with E-state index in [1.807, 2.05) is 4.98 Å². The van der Waals surface area contributed by atoms with Gasteiger partial charge in [0.15, 0.2) is 11.9 Å². The second-order valence-corrected chi connectivity index (χ2v) is 10.7. The molecule has 0 spiro atoms. The van der Waals surface area contributed by atoms with Crippen molar-refractivity contribution in [3.8, 4) is 5.75 Å². The molecule has 1 fully saturated rings. The number of aromatic amines is 1. The average molecular weight is 544 g/mol. The van der Waals surface area contributed by atoms with E-state index >= 15 is 4.39 Å². The summed E-state index contributed by atoms with van der Waals surface area (Å²) >= 11 is 0. The quantitative estimate of drug-likeness (QED) is 0.299. The number of aliphatic hydroxyl groups excluding tert-OH is 1. The number of alkyl halides is 1. The third-order valence-corrected chi connectivity index (χ3v) is 7.26. The number of nitrogens with one attached hydrogen (secondary N) is 2. The standard InChI is InChI=1S/C23H31FN3O9P/c1-13(2)33-20(30)14(3)26-37(32,36-16-9-7-6-8-10-16)35-15(4)18-19(29)23(5,24)21(34-18)27-12-11-17(28)25-22(27)31/h6-15,18-19,21,29H,1-5H3,(H,26,32)(H,25,28,31)/t14-,15?,18+,19+,21+,23+,37-/m0/s1/i11D. The molecule has 0 amide bonds. The Morgan fingerprint density at radius 3 is 2.57 bits per heavy atom. The predicted molar refractivity (Wildman–Crippen MR) is 130 cm³/mol. The first-order chi connectivity index (χ1) is 17.6. The van der Waals surface area contributed by atoms with Crippen LogP contribution >= 0.6 is 7.75 Å². The summed E-state index contributed by atoms with van der Waals surface area (Å²) in [4.78, 5) is 38.1. The molecular weight excluding hydrogens is 512 g/mol. The number of benzene rings is 1. The lowest BCUT2D eigenvalue weighted by Gasteiger charge is -2.29. The maximum Gasteiger partial charge on any atom is 0.459 e. The van der Waals surface area contributed by atoms with E-state index in [-0.39, 0.29) is 5.75 Å². The number of carbonyl (C=O) groups excluding carboxylic acids is 1. The first-order valence-corrected chi connectivity index (χ1v) is 13.0. The van der Waals surface area contributed by atoms with E-state index in [4.69, 9.17) is 19.9 Å². The molecule has 0 saturated carbocycles. The van der Waals surface area contributed by atoms with E-state index in [2.05, 4.69) is 5.09 Å². The van der Waals surface area contributed by atoms with Gasteiger partial charge in [0.2, 0.25) is 0 Å². The molecule has 2 aromatic rings. The minimum atomic E-state index is -4.40. The molecular formula is C23H31FN3O9P. The number of carbonyl (C=O) groups is 1. The number of rotatable bonds is 10. The fourth-order valence-corrected chi connectivity index (χ4v) is 5.38. The Labute approximate surface area is 213 Å². The molecule has 1 aromatic carbocycles. The second-order valence-electron chi connectivity index (χ2n) is 9.04. The van der Waals surface area contributed by atoms with Crippen LogP contribution in [0.2, 0.25) is 0 Å². The lowest BCUT2D eigenvalue weighted by Crippen LogP contribution is -2.45. The third-order valence-electron chi connectivity index (χ3n) is 5.49. The summed E-state index contributed by atoms with van der Waals surface area (Å²) in [6, 6.07) is 6.15. The van der Waals surface area contributed by atoms with Crippen molar-refractivity contribution < 1.29 is 38.7 Å². The fraction of sp³-hybridized carbons (Fsp3) is 0.522. The average Bonchev–Trinajstić information content (AvgIpc) is 3.05. The van der Waals surface area contributed by atoms with Gasteiger partial charge in [0.1, 0.15) is 24.0 Å². The molecule has 1 saturated heterocycles. The number of H-pyrrole nitrogens is 1. The molecule has 1 unspecified atom stereocenters. The highest BCUT2D eigenvalue weighted by Gasteiger charge is 2.57. The van der Waals surface area contributed by atoms with Crippen LogP contribution in [0, 0.1) is 0 Å². The number of esters is 1. The van der Waals surface area contributed by atoms with Crippen LogP contribution in [-0.2, 0) is 23.4 Å². The van der Waals surface area contributed by atoms with Crippen LogP contribution in [0.3, 0.4) is 0 Å². The Hall–Kier alpha value is -2.83. The predicted octanol–water partition coefficient (Wildman–Crippen LogP) is 2.04. The molecule has 1 aliphatic rings. The number of para-hydroxylation sites is 1. The zero-order chi connectivity index (χ0) is 28.4. The molecule has 3 N–H and O–H groups in total. The van der Waals surface area contributed by atoms with E-state index in [1.54, 1.807) is 32.0 Å². The van der Waals surface area contributed by atoms with E-state index < -0.39 is 73.4 Å². The highest BCUT2D eigenvalue weighted by Crippen LogP contribution is 2.49. The molecule has 37 heavy (non-hydrogen) atoms. The van der Waals surface area contributed by atoms with Crippen molar-refractivity contribution in [1.29, 1.82) is 0 Å². The number of nitrogens with zero attached hydrogens (tertiary/aromatic N) is 1. The van der Waals surface area contributed by atoms with Gasteiger partial charge in [0.05, 0.1) is 13.6 Å². The van der Waals surface area contributed by atoms with Gasteiger partial charge in [-0.1, -0.05) is 18.2 Å². The largest absolute Gasteiger partial charge is 0.462 e. The van der Waals surface area contributed by atoms with Crippen molar-refractivity contribution in [3.63, 3.8) is 0 Å². The minimum absolute atomic E-state index is 0.129. The Morgan fingerprint density at radius 1 is 1.30 bits per heavy atom. The zero-order valence-corrected chi connectivity index (χ0v) is 21.8. The van der Waals surface area contributed by atoms with Crippen LogP contribution < -0.4 is 20.9 Å². The second kappa shape index (κ2) is 11.3. The number of ether oxygens (including phenoxy) is 2. The van der Waals surface area contributed by atoms with Crippen molar-refractivity contribution in [1.82, 2.24) is 14.6 Å². The molecule has 1 aliphatic heterocycles. The van der Waals surface area contributed by atoms with Gasteiger partial charge in [-0.15, -0.1) is 0 Å². The summed E-state index contributed by atoms with van der Waals surface area (Å²) in [5.74, 6) is -0.603. The van der Waals surface area contributed by atoms with Crippen molar-refractivity contribution in [3.05, 3.63) is 63.4 Å². The van der Waals surface area contributed by atoms with Gasteiger partial charge in [-0.3, -0.25) is 23.7 Å². The highest BCUT2D eigenvalue weighted by molar-refractivity contribution is 7.52. The maximum absolute atomic E-state index is 15.7. The SMILES string of the molecule is [2H]c1cn([C@@H]2O[C@H](C(C)O[P@@](=O)(N[C@@H](C)C(=O)OC(C)C)Oc3ccccc3)[C@@H](O)[C@@]2(C)F)c(=O)[nH]c1=O. The molecule has 204 valence electrons. The summed E-state index contributed by atoms with van der Waals surface area (Å²) in [5.41, 5.74) is -4.63. The van der Waals surface area contributed by atoms with Gasteiger partial charge in [-0.2, -0.15) is 5.09 Å². The first-order valence-electron chi connectivity index (χ1n) is 12.0. The molecule has 7 atom stereocenters. The maximum atomic E-state index is 15.7. The summed E-state index contributed by atoms with van der Waals surface area (Å²) in [7, 11) is -4.40. The third kappa shape index (κ3) is 6.74. The Kier molecular flexibility index (Phi) is 8.29. The summed E-state index contributed by atoms with van der Waals surface area (Å²) in [6.07, 6.45) is -6.13. The summed E-state index contributed by atoms with van der Waals surface area (Å²) in [5, 5.41) is 13.2. The van der Waals surface area contributed by atoms with Crippen molar-refractivity contribution >= 4 is 13.7 Å². The summed E-state index contributed by atoms with van der Waals surface area (Å²) < 4.78 is 59.7. The number of aliphatic hydroxyl groups is 1. The van der Waals surface area contributed by atoms with Crippen LogP contribution in [0.25, 0.3) is 0 Å². The Bertz CT molecular complexity index is 1300. The van der Waals surface area contributed by atoms with Gasteiger partial charge >= 0.3 is 19.4 Å². The minimum Gasteiger partial charge on any atom is -0.462 e. The normalized spacial score (nSPS) is 27.2. The van der Waals surface area contributed by atoms with Crippen LogP contribution in [0.15, 0.2) is 52.2 Å². The molecule has 0 bridgehead atoms.